The zero-order chi connectivity index (χ0) is 14.7. The van der Waals surface area contributed by atoms with Gasteiger partial charge in [0.25, 0.3) is 0 Å². The number of aromatic amines is 1. The van der Waals surface area contributed by atoms with E-state index in [0.717, 1.165) is 4.47 Å². The highest BCUT2D eigenvalue weighted by atomic mass is 79.9. The predicted molar refractivity (Wildman–Crippen MR) is 79.3 cm³/mol. The highest BCUT2D eigenvalue weighted by molar-refractivity contribution is 9.10. The molecule has 0 unspecified atom stereocenters. The van der Waals surface area contributed by atoms with E-state index in [0.29, 0.717) is 11.4 Å². The van der Waals surface area contributed by atoms with Crippen molar-refractivity contribution in [3.63, 3.8) is 0 Å². The molecule has 0 aliphatic rings. The molecule has 104 valence electrons. The molecule has 4 N–H and O–H groups in total. The average Bonchev–Trinajstić information content (AvgIpc) is 2.73. The number of hydrogen-bond acceptors (Lipinski definition) is 2. The van der Waals surface area contributed by atoms with Gasteiger partial charge in [-0.05, 0) is 41.1 Å². The zero-order valence-corrected chi connectivity index (χ0v) is 12.1. The summed E-state index contributed by atoms with van der Waals surface area (Å²) in [6.07, 6.45) is 0. The van der Waals surface area contributed by atoms with Crippen molar-refractivity contribution in [2.24, 2.45) is 0 Å². The van der Waals surface area contributed by atoms with Gasteiger partial charge in [-0.1, -0.05) is 12.1 Å². The molecule has 0 radical (unpaired) electrons. The number of aromatic nitrogens is 1. The summed E-state index contributed by atoms with van der Waals surface area (Å²) in [6, 6.07) is 8.17. The van der Waals surface area contributed by atoms with Crippen molar-refractivity contribution >= 4 is 39.3 Å². The SMILES string of the molecule is Cc1cc(NC(=O)Nc2ccccc2Br)c(C(=O)O)[nH]1. The molecule has 0 bridgehead atoms. The fraction of sp³-hybridized carbons (Fsp3) is 0.0769. The third-order valence-corrected chi connectivity index (χ3v) is 3.23. The molecule has 0 fully saturated rings. The van der Waals surface area contributed by atoms with E-state index in [2.05, 4.69) is 31.5 Å². The number of anilines is 2. The largest absolute Gasteiger partial charge is 0.477 e. The first-order valence-electron chi connectivity index (χ1n) is 5.73. The van der Waals surface area contributed by atoms with Gasteiger partial charge < -0.3 is 20.7 Å². The van der Waals surface area contributed by atoms with Crippen LogP contribution in [-0.2, 0) is 0 Å². The summed E-state index contributed by atoms with van der Waals surface area (Å²) < 4.78 is 0.735. The molecule has 0 aliphatic heterocycles. The van der Waals surface area contributed by atoms with Crippen LogP contribution < -0.4 is 10.6 Å². The van der Waals surface area contributed by atoms with Gasteiger partial charge in [-0.25, -0.2) is 9.59 Å². The maximum Gasteiger partial charge on any atom is 0.354 e. The summed E-state index contributed by atoms with van der Waals surface area (Å²) in [7, 11) is 0. The van der Waals surface area contributed by atoms with Gasteiger partial charge in [-0.15, -0.1) is 0 Å². The lowest BCUT2D eigenvalue weighted by atomic mass is 10.3. The smallest absolute Gasteiger partial charge is 0.354 e. The Hall–Kier alpha value is -2.28. The molecular formula is C13H12BrN3O3. The molecular weight excluding hydrogens is 326 g/mol. The number of para-hydroxylation sites is 1. The van der Waals surface area contributed by atoms with Crippen LogP contribution in [0.15, 0.2) is 34.8 Å². The van der Waals surface area contributed by atoms with Gasteiger partial charge in [0.15, 0.2) is 0 Å². The number of nitrogens with one attached hydrogen (secondary N) is 3. The van der Waals surface area contributed by atoms with E-state index in [1.54, 1.807) is 31.2 Å². The standard InChI is InChI=1S/C13H12BrN3O3/c1-7-6-10(11(15-7)12(18)19)17-13(20)16-9-5-3-2-4-8(9)14/h2-6,15H,1H3,(H,18,19)(H2,16,17,20). The number of carboxylic acids is 1. The summed E-state index contributed by atoms with van der Waals surface area (Å²) >= 11 is 3.31. The van der Waals surface area contributed by atoms with Crippen molar-refractivity contribution < 1.29 is 14.7 Å². The van der Waals surface area contributed by atoms with Crippen molar-refractivity contribution in [1.82, 2.24) is 4.98 Å². The number of amides is 2. The summed E-state index contributed by atoms with van der Waals surface area (Å²) in [5.74, 6) is -1.13. The molecule has 1 aromatic carbocycles. The number of urea groups is 1. The van der Waals surface area contributed by atoms with Gasteiger partial charge in [0.05, 0.1) is 11.4 Å². The molecule has 7 heteroatoms. The molecule has 2 rings (SSSR count). The minimum atomic E-state index is -1.13. The molecule has 1 heterocycles. The summed E-state index contributed by atoms with van der Waals surface area (Å²) in [5, 5.41) is 14.2. The number of hydrogen-bond donors (Lipinski definition) is 4. The van der Waals surface area contributed by atoms with E-state index in [4.69, 9.17) is 5.11 Å². The van der Waals surface area contributed by atoms with Gasteiger partial charge in [0, 0.05) is 10.2 Å². The second kappa shape index (κ2) is 5.79. The Kier molecular flexibility index (Phi) is 4.09. The van der Waals surface area contributed by atoms with E-state index in [1.165, 1.54) is 0 Å². The lowest BCUT2D eigenvalue weighted by molar-refractivity contribution is 0.0692. The molecule has 0 spiro atoms. The van der Waals surface area contributed by atoms with Crippen molar-refractivity contribution in [3.05, 3.63) is 46.2 Å². The van der Waals surface area contributed by atoms with Crippen LogP contribution in [0.5, 0.6) is 0 Å². The maximum atomic E-state index is 11.9. The Bertz CT molecular complexity index is 667. The molecule has 1 aromatic heterocycles. The van der Waals surface area contributed by atoms with Crippen LogP contribution >= 0.6 is 15.9 Å². The number of benzene rings is 1. The monoisotopic (exact) mass is 337 g/mol. The van der Waals surface area contributed by atoms with Gasteiger partial charge in [-0.3, -0.25) is 0 Å². The Morgan fingerprint density at radius 2 is 1.85 bits per heavy atom. The maximum absolute atomic E-state index is 11.9. The van der Waals surface area contributed by atoms with Crippen LogP contribution in [0.2, 0.25) is 0 Å². The fourth-order valence-corrected chi connectivity index (χ4v) is 2.08. The minimum Gasteiger partial charge on any atom is -0.477 e. The normalized spacial score (nSPS) is 10.1. The van der Waals surface area contributed by atoms with Gasteiger partial charge in [0.1, 0.15) is 5.69 Å². The molecule has 0 atom stereocenters. The number of halogens is 1. The first kappa shape index (κ1) is 14.1. The number of aryl methyl sites for hydroxylation is 1. The van der Waals surface area contributed by atoms with Crippen LogP contribution in [0.4, 0.5) is 16.2 Å². The van der Waals surface area contributed by atoms with Crippen LogP contribution in [0.25, 0.3) is 0 Å². The molecule has 0 aliphatic carbocycles. The number of rotatable bonds is 3. The minimum absolute atomic E-state index is 0.0511. The quantitative estimate of drug-likeness (QED) is 0.691. The lowest BCUT2D eigenvalue weighted by Crippen LogP contribution is -2.20. The van der Waals surface area contributed by atoms with E-state index in [9.17, 15) is 9.59 Å². The van der Waals surface area contributed by atoms with Gasteiger partial charge in [-0.2, -0.15) is 0 Å². The van der Waals surface area contributed by atoms with E-state index < -0.39 is 12.0 Å². The number of carbonyl (C=O) groups excluding carboxylic acids is 1. The number of carbonyl (C=O) groups is 2. The Labute approximate surface area is 123 Å². The van der Waals surface area contributed by atoms with E-state index in [-0.39, 0.29) is 11.4 Å². The predicted octanol–water partition coefficient (Wildman–Crippen LogP) is 3.43. The number of carboxylic acid groups (broad SMARTS) is 1. The van der Waals surface area contributed by atoms with Crippen molar-refractivity contribution in [3.8, 4) is 0 Å². The fourth-order valence-electron chi connectivity index (χ4n) is 1.69. The van der Waals surface area contributed by atoms with Crippen molar-refractivity contribution in [2.75, 3.05) is 10.6 Å². The van der Waals surface area contributed by atoms with Crippen LogP contribution in [0.3, 0.4) is 0 Å². The van der Waals surface area contributed by atoms with Crippen LogP contribution in [0.1, 0.15) is 16.2 Å². The van der Waals surface area contributed by atoms with E-state index in [1.807, 2.05) is 6.07 Å². The van der Waals surface area contributed by atoms with Gasteiger partial charge >= 0.3 is 12.0 Å². The molecule has 2 aromatic rings. The Balaban J connectivity index is 2.13. The average molecular weight is 338 g/mol. The topological polar surface area (TPSA) is 94.2 Å². The van der Waals surface area contributed by atoms with Crippen LogP contribution in [-0.4, -0.2) is 22.1 Å². The molecule has 0 saturated carbocycles. The summed E-state index contributed by atoms with van der Waals surface area (Å²) in [5.41, 5.74) is 1.41. The second-order valence-corrected chi connectivity index (χ2v) is 4.96. The van der Waals surface area contributed by atoms with Crippen molar-refractivity contribution in [1.29, 1.82) is 0 Å². The highest BCUT2D eigenvalue weighted by Gasteiger charge is 2.15. The van der Waals surface area contributed by atoms with Crippen molar-refractivity contribution in [2.45, 2.75) is 6.92 Å². The first-order valence-corrected chi connectivity index (χ1v) is 6.52. The van der Waals surface area contributed by atoms with Gasteiger partial charge in [0.2, 0.25) is 0 Å². The first-order chi connectivity index (χ1) is 9.47. The lowest BCUT2D eigenvalue weighted by Gasteiger charge is -2.08. The Morgan fingerprint density at radius 1 is 1.20 bits per heavy atom. The highest BCUT2D eigenvalue weighted by Crippen LogP contribution is 2.22. The summed E-state index contributed by atoms with van der Waals surface area (Å²) in [6.45, 7) is 1.71. The third-order valence-electron chi connectivity index (χ3n) is 2.54. The molecule has 2 amide bonds. The molecule has 20 heavy (non-hydrogen) atoms. The summed E-state index contributed by atoms with van der Waals surface area (Å²) in [4.78, 5) is 25.6. The molecule has 0 saturated heterocycles. The number of H-pyrrole nitrogens is 1. The third kappa shape index (κ3) is 3.18. The number of aromatic carboxylic acids is 1. The van der Waals surface area contributed by atoms with Crippen LogP contribution in [0, 0.1) is 6.92 Å². The molecule has 6 nitrogen and oxygen atoms in total. The Morgan fingerprint density at radius 3 is 2.50 bits per heavy atom. The zero-order valence-electron chi connectivity index (χ0n) is 10.5. The second-order valence-electron chi connectivity index (χ2n) is 4.11. The van der Waals surface area contributed by atoms with E-state index >= 15 is 0 Å².